The highest BCUT2D eigenvalue weighted by Crippen LogP contribution is 2.69. The molecule has 0 aliphatic heterocycles. The van der Waals surface area contributed by atoms with Gasteiger partial charge in [-0.15, -0.1) is 0 Å². The summed E-state index contributed by atoms with van der Waals surface area (Å²) in [5.74, 6) is 0.705. The molecule has 0 spiro atoms. The van der Waals surface area contributed by atoms with Crippen molar-refractivity contribution in [2.24, 2.45) is 28.6 Å². The highest BCUT2D eigenvalue weighted by atomic mass is 19.1. The molecule has 4 aliphatic carbocycles. The van der Waals surface area contributed by atoms with Gasteiger partial charge in [-0.2, -0.15) is 0 Å². The van der Waals surface area contributed by atoms with E-state index in [0.717, 1.165) is 38.5 Å². The normalized spacial score (nSPS) is 54.9. The van der Waals surface area contributed by atoms with Gasteiger partial charge < -0.3 is 5.11 Å². The monoisotopic (exact) mass is 318 g/mol. The summed E-state index contributed by atoms with van der Waals surface area (Å²) in [4.78, 5) is 0. The topological polar surface area (TPSA) is 20.2 Å². The highest BCUT2D eigenvalue weighted by Gasteiger charge is 2.67. The fourth-order valence-corrected chi connectivity index (χ4v) is 7.04. The number of fused-ring (bicyclic) bond motifs is 5. The third kappa shape index (κ3) is 1.82. The Morgan fingerprint density at radius 1 is 1.30 bits per heavy atom. The van der Waals surface area contributed by atoms with E-state index in [1.807, 2.05) is 0 Å². The molecule has 0 aromatic rings. The minimum absolute atomic E-state index is 0.0118. The molecule has 7 atom stereocenters. The summed E-state index contributed by atoms with van der Waals surface area (Å²) in [7, 11) is 0. The zero-order valence-electron chi connectivity index (χ0n) is 14.8. The number of hydrogen-bond donors (Lipinski definition) is 1. The van der Waals surface area contributed by atoms with Crippen LogP contribution in [0.15, 0.2) is 23.8 Å². The molecule has 0 heterocycles. The summed E-state index contributed by atoms with van der Waals surface area (Å²) >= 11 is 0. The lowest BCUT2D eigenvalue weighted by atomic mass is 9.46. The second-order valence-corrected chi connectivity index (χ2v) is 9.02. The number of rotatable bonds is 1. The van der Waals surface area contributed by atoms with E-state index in [-0.39, 0.29) is 23.4 Å². The summed E-state index contributed by atoms with van der Waals surface area (Å²) in [6, 6.07) is 0. The predicted molar refractivity (Wildman–Crippen MR) is 91.7 cm³/mol. The maximum atomic E-state index is 16.5. The third-order valence-corrected chi connectivity index (χ3v) is 8.38. The molecule has 0 unspecified atom stereocenters. The molecule has 1 N–H and O–H groups in total. The van der Waals surface area contributed by atoms with E-state index < -0.39 is 11.1 Å². The second kappa shape index (κ2) is 4.94. The van der Waals surface area contributed by atoms with Crippen molar-refractivity contribution in [2.45, 2.75) is 77.5 Å². The molecule has 3 saturated carbocycles. The van der Waals surface area contributed by atoms with Gasteiger partial charge in [0.05, 0.1) is 6.10 Å². The Hall–Kier alpha value is -0.630. The average Bonchev–Trinajstić information content (AvgIpc) is 2.79. The molecule has 3 fully saturated rings. The van der Waals surface area contributed by atoms with Gasteiger partial charge in [0.15, 0.2) is 0 Å². The van der Waals surface area contributed by atoms with Crippen molar-refractivity contribution >= 4 is 0 Å². The predicted octanol–water partition coefficient (Wildman–Crippen LogP) is 5.20. The van der Waals surface area contributed by atoms with Gasteiger partial charge in [-0.3, -0.25) is 0 Å². The molecule has 1 nitrogen and oxygen atoms in total. The Morgan fingerprint density at radius 2 is 2.09 bits per heavy atom. The molecule has 0 radical (unpaired) electrons. The van der Waals surface area contributed by atoms with Crippen molar-refractivity contribution in [3.8, 4) is 0 Å². The van der Waals surface area contributed by atoms with Crippen LogP contribution < -0.4 is 0 Å². The molecule has 0 saturated heterocycles. The zero-order chi connectivity index (χ0) is 16.5. The van der Waals surface area contributed by atoms with Crippen LogP contribution in [-0.4, -0.2) is 16.9 Å². The molecule has 23 heavy (non-hydrogen) atoms. The van der Waals surface area contributed by atoms with Gasteiger partial charge in [0, 0.05) is 11.3 Å². The summed E-state index contributed by atoms with van der Waals surface area (Å²) in [6.07, 6.45) is 12.7. The van der Waals surface area contributed by atoms with Crippen molar-refractivity contribution in [2.75, 3.05) is 0 Å². The highest BCUT2D eigenvalue weighted by molar-refractivity contribution is 5.36. The largest absolute Gasteiger partial charge is 0.393 e. The van der Waals surface area contributed by atoms with Crippen molar-refractivity contribution in [3.05, 3.63) is 23.8 Å². The molecule has 0 bridgehead atoms. The van der Waals surface area contributed by atoms with Crippen LogP contribution in [0.5, 0.6) is 0 Å². The number of aliphatic hydroxyl groups excluding tert-OH is 1. The number of halogens is 1. The van der Waals surface area contributed by atoms with E-state index in [4.69, 9.17) is 0 Å². The Kier molecular flexibility index (Phi) is 3.41. The van der Waals surface area contributed by atoms with Crippen LogP contribution in [0.1, 0.15) is 65.7 Å². The zero-order valence-corrected chi connectivity index (χ0v) is 14.8. The van der Waals surface area contributed by atoms with Gasteiger partial charge in [-0.05, 0) is 62.7 Å². The van der Waals surface area contributed by atoms with Gasteiger partial charge in [0.2, 0.25) is 0 Å². The first kappa shape index (κ1) is 15.9. The fraction of sp³-hybridized carbons (Fsp3) is 0.810. The molecule has 0 aromatic carbocycles. The van der Waals surface area contributed by atoms with Crippen LogP contribution in [0.4, 0.5) is 4.39 Å². The van der Waals surface area contributed by atoms with E-state index in [1.165, 1.54) is 5.57 Å². The summed E-state index contributed by atoms with van der Waals surface area (Å²) in [6.45, 7) is 6.68. The number of aliphatic hydroxyl groups is 1. The average molecular weight is 318 g/mol. The molecule has 0 amide bonds. The lowest BCUT2D eigenvalue weighted by Gasteiger charge is -2.60. The van der Waals surface area contributed by atoms with Crippen LogP contribution >= 0.6 is 0 Å². The number of hydrogen-bond acceptors (Lipinski definition) is 1. The SMILES string of the molecule is CC[C@H]1C[C@@H](O)[C@H]2[C@@H]3CCC4=CCC=C[C@]4(C)[C@@]3(F)CC[C@]12C. The first-order valence-corrected chi connectivity index (χ1v) is 9.61. The molecular weight excluding hydrogens is 287 g/mol. The van der Waals surface area contributed by atoms with Crippen molar-refractivity contribution in [1.29, 1.82) is 0 Å². The first-order valence-electron chi connectivity index (χ1n) is 9.61. The lowest BCUT2D eigenvalue weighted by molar-refractivity contribution is -0.144. The van der Waals surface area contributed by atoms with E-state index in [0.29, 0.717) is 12.3 Å². The Bertz CT molecular complexity index is 566. The summed E-state index contributed by atoms with van der Waals surface area (Å²) in [5.41, 5.74) is -0.187. The molecular formula is C21H31FO. The third-order valence-electron chi connectivity index (χ3n) is 8.38. The minimum Gasteiger partial charge on any atom is -0.393 e. The van der Waals surface area contributed by atoms with Gasteiger partial charge in [-0.1, -0.05) is 44.1 Å². The van der Waals surface area contributed by atoms with Crippen molar-refractivity contribution in [3.63, 3.8) is 0 Å². The van der Waals surface area contributed by atoms with E-state index in [9.17, 15) is 5.11 Å². The van der Waals surface area contributed by atoms with Crippen LogP contribution in [-0.2, 0) is 0 Å². The first-order chi connectivity index (χ1) is 10.9. The van der Waals surface area contributed by atoms with E-state index in [1.54, 1.807) is 0 Å². The maximum absolute atomic E-state index is 16.5. The Balaban J connectivity index is 1.77. The molecule has 4 aliphatic rings. The summed E-state index contributed by atoms with van der Waals surface area (Å²) in [5, 5.41) is 10.8. The number of alkyl halides is 1. The molecule has 0 aromatic heterocycles. The van der Waals surface area contributed by atoms with Crippen LogP contribution in [0, 0.1) is 28.6 Å². The van der Waals surface area contributed by atoms with Crippen molar-refractivity contribution < 1.29 is 9.50 Å². The minimum atomic E-state index is -1.18. The van der Waals surface area contributed by atoms with E-state index >= 15 is 4.39 Å². The van der Waals surface area contributed by atoms with Gasteiger partial charge in [0.1, 0.15) is 5.67 Å². The molecule has 2 heteroatoms. The standard InChI is InChI=1S/C21H31FO/c1-4-14-13-17(23)18-16-9-8-15-7-5-6-10-20(15,3)21(16,22)12-11-19(14,18)2/h6-7,10,14,16-18,23H,4-5,8-9,11-13H2,1-3H3/t14-,16-,17+,18+,19+,20-,21+/m0/s1. The smallest absolute Gasteiger partial charge is 0.126 e. The second-order valence-electron chi connectivity index (χ2n) is 9.02. The van der Waals surface area contributed by atoms with Gasteiger partial charge in [0.25, 0.3) is 0 Å². The van der Waals surface area contributed by atoms with Crippen LogP contribution in [0.25, 0.3) is 0 Å². The van der Waals surface area contributed by atoms with Crippen LogP contribution in [0.3, 0.4) is 0 Å². The molecule has 128 valence electrons. The van der Waals surface area contributed by atoms with Gasteiger partial charge >= 0.3 is 0 Å². The number of allylic oxidation sites excluding steroid dienone is 4. The Morgan fingerprint density at radius 3 is 2.83 bits per heavy atom. The molecule has 4 rings (SSSR count). The quantitative estimate of drug-likeness (QED) is 0.658. The summed E-state index contributed by atoms with van der Waals surface area (Å²) < 4.78 is 16.5. The maximum Gasteiger partial charge on any atom is 0.126 e. The Labute approximate surface area is 140 Å². The fourth-order valence-electron chi connectivity index (χ4n) is 7.04. The van der Waals surface area contributed by atoms with Crippen LogP contribution in [0.2, 0.25) is 0 Å². The lowest BCUT2D eigenvalue weighted by Crippen LogP contribution is -2.60. The van der Waals surface area contributed by atoms with E-state index in [2.05, 4.69) is 39.0 Å². The van der Waals surface area contributed by atoms with Crippen molar-refractivity contribution in [1.82, 2.24) is 0 Å². The van der Waals surface area contributed by atoms with Gasteiger partial charge in [-0.25, -0.2) is 4.39 Å².